The van der Waals surface area contributed by atoms with E-state index < -0.39 is 0 Å². The zero-order valence-corrected chi connectivity index (χ0v) is 13.2. The van der Waals surface area contributed by atoms with E-state index in [-0.39, 0.29) is 0 Å². The van der Waals surface area contributed by atoms with Crippen LogP contribution in [0.25, 0.3) is 0 Å². The zero-order chi connectivity index (χ0) is 14.5. The standard InChI is InChI=1S/C14H18ClN3OS/c1-3-8-19-14-11(16)5-7-13(17-14)18(2)9-10-4-6-12(15)20-10/h4-7H,3,8-9,16H2,1-2H3. The van der Waals surface area contributed by atoms with Crippen LogP contribution in [0.3, 0.4) is 0 Å². The van der Waals surface area contributed by atoms with Crippen molar-refractivity contribution in [3.8, 4) is 5.88 Å². The van der Waals surface area contributed by atoms with Crippen molar-refractivity contribution < 1.29 is 4.74 Å². The predicted molar refractivity (Wildman–Crippen MR) is 85.9 cm³/mol. The van der Waals surface area contributed by atoms with Crippen molar-refractivity contribution in [2.24, 2.45) is 0 Å². The highest BCUT2D eigenvalue weighted by Gasteiger charge is 2.09. The van der Waals surface area contributed by atoms with Gasteiger partial charge in [0.25, 0.3) is 0 Å². The van der Waals surface area contributed by atoms with Gasteiger partial charge in [-0.3, -0.25) is 0 Å². The summed E-state index contributed by atoms with van der Waals surface area (Å²) in [7, 11) is 1.98. The smallest absolute Gasteiger partial charge is 0.239 e. The maximum atomic E-state index is 5.94. The molecule has 4 nitrogen and oxygen atoms in total. The fourth-order valence-electron chi connectivity index (χ4n) is 1.72. The molecule has 2 rings (SSSR count). The number of hydrogen-bond acceptors (Lipinski definition) is 5. The fraction of sp³-hybridized carbons (Fsp3) is 0.357. The molecule has 0 fully saturated rings. The number of ether oxygens (including phenoxy) is 1. The second-order valence-corrected chi connectivity index (χ2v) is 6.27. The van der Waals surface area contributed by atoms with Crippen LogP contribution in [0.4, 0.5) is 11.5 Å². The van der Waals surface area contributed by atoms with E-state index in [4.69, 9.17) is 22.1 Å². The topological polar surface area (TPSA) is 51.4 Å². The molecule has 0 saturated heterocycles. The van der Waals surface area contributed by atoms with E-state index in [1.54, 1.807) is 11.3 Å². The summed E-state index contributed by atoms with van der Waals surface area (Å²) < 4.78 is 6.35. The zero-order valence-electron chi connectivity index (χ0n) is 11.6. The molecule has 2 aromatic heterocycles. The van der Waals surface area contributed by atoms with Gasteiger partial charge in [0.05, 0.1) is 23.2 Å². The summed E-state index contributed by atoms with van der Waals surface area (Å²) in [6, 6.07) is 7.64. The summed E-state index contributed by atoms with van der Waals surface area (Å²) in [4.78, 5) is 7.69. The van der Waals surface area contributed by atoms with Crippen LogP contribution in [0, 0.1) is 0 Å². The van der Waals surface area contributed by atoms with Gasteiger partial charge in [-0.1, -0.05) is 18.5 Å². The Bertz CT molecular complexity index is 573. The number of pyridine rings is 1. The minimum atomic E-state index is 0.500. The molecule has 6 heteroatoms. The van der Waals surface area contributed by atoms with E-state index in [2.05, 4.69) is 4.98 Å². The average Bonchev–Trinajstić information content (AvgIpc) is 2.83. The molecule has 0 aromatic carbocycles. The Labute approximate surface area is 128 Å². The van der Waals surface area contributed by atoms with Crippen molar-refractivity contribution in [2.45, 2.75) is 19.9 Å². The van der Waals surface area contributed by atoms with Crippen LogP contribution in [-0.2, 0) is 6.54 Å². The first kappa shape index (κ1) is 14.9. The second-order valence-electron chi connectivity index (χ2n) is 4.47. The number of aromatic nitrogens is 1. The van der Waals surface area contributed by atoms with E-state index in [1.165, 1.54) is 4.88 Å². The molecule has 0 amide bonds. The predicted octanol–water partition coefficient (Wildman–Crippen LogP) is 3.80. The molecule has 0 aliphatic carbocycles. The quantitative estimate of drug-likeness (QED) is 0.881. The molecule has 20 heavy (non-hydrogen) atoms. The number of nitrogen functional groups attached to an aromatic ring is 1. The van der Waals surface area contributed by atoms with E-state index in [9.17, 15) is 0 Å². The van der Waals surface area contributed by atoms with Gasteiger partial charge in [-0.05, 0) is 30.7 Å². The summed E-state index contributed by atoms with van der Waals surface area (Å²) in [5, 5.41) is 0. The molecule has 2 heterocycles. The summed E-state index contributed by atoms with van der Waals surface area (Å²) >= 11 is 7.51. The van der Waals surface area contributed by atoms with Gasteiger partial charge < -0.3 is 15.4 Å². The third-order valence-corrected chi connectivity index (χ3v) is 3.95. The van der Waals surface area contributed by atoms with Gasteiger partial charge in [0.2, 0.25) is 5.88 Å². The first-order valence-corrected chi connectivity index (χ1v) is 7.64. The average molecular weight is 312 g/mol. The minimum absolute atomic E-state index is 0.500. The SMILES string of the molecule is CCCOc1nc(N(C)Cc2ccc(Cl)s2)ccc1N. The van der Waals surface area contributed by atoms with Crippen LogP contribution in [0.15, 0.2) is 24.3 Å². The lowest BCUT2D eigenvalue weighted by Crippen LogP contribution is -2.17. The number of anilines is 2. The molecular weight excluding hydrogens is 294 g/mol. The number of halogens is 1. The van der Waals surface area contributed by atoms with Crippen molar-refractivity contribution in [1.29, 1.82) is 0 Å². The van der Waals surface area contributed by atoms with E-state index >= 15 is 0 Å². The van der Waals surface area contributed by atoms with Gasteiger partial charge in [-0.2, -0.15) is 4.98 Å². The van der Waals surface area contributed by atoms with Crippen LogP contribution in [0.5, 0.6) is 5.88 Å². The van der Waals surface area contributed by atoms with Crippen molar-refractivity contribution in [2.75, 3.05) is 24.3 Å². The van der Waals surface area contributed by atoms with E-state index in [0.29, 0.717) is 18.2 Å². The summed E-state index contributed by atoms with van der Waals surface area (Å²) in [5.74, 6) is 1.33. The fourth-order valence-corrected chi connectivity index (χ4v) is 2.86. The lowest BCUT2D eigenvalue weighted by molar-refractivity contribution is 0.307. The Balaban J connectivity index is 2.10. The van der Waals surface area contributed by atoms with Gasteiger partial charge >= 0.3 is 0 Å². The molecule has 0 saturated carbocycles. The van der Waals surface area contributed by atoms with E-state index in [0.717, 1.165) is 23.1 Å². The Kier molecular flexibility index (Phi) is 5.09. The van der Waals surface area contributed by atoms with Crippen LogP contribution >= 0.6 is 22.9 Å². The number of thiophene rings is 1. The van der Waals surface area contributed by atoms with Crippen LogP contribution in [-0.4, -0.2) is 18.6 Å². The van der Waals surface area contributed by atoms with Crippen LogP contribution in [0.1, 0.15) is 18.2 Å². The first-order valence-electron chi connectivity index (χ1n) is 6.44. The number of nitrogens with two attached hydrogens (primary N) is 1. The van der Waals surface area contributed by atoms with Gasteiger partial charge in [-0.25, -0.2) is 0 Å². The molecule has 0 aliphatic rings. The van der Waals surface area contributed by atoms with Gasteiger partial charge in [-0.15, -0.1) is 11.3 Å². The first-order chi connectivity index (χ1) is 9.60. The highest BCUT2D eigenvalue weighted by molar-refractivity contribution is 7.16. The Morgan fingerprint density at radius 3 is 2.80 bits per heavy atom. The van der Waals surface area contributed by atoms with Crippen molar-refractivity contribution >= 4 is 34.4 Å². The van der Waals surface area contributed by atoms with Gasteiger partial charge in [0, 0.05) is 11.9 Å². The monoisotopic (exact) mass is 311 g/mol. The van der Waals surface area contributed by atoms with Crippen LogP contribution < -0.4 is 15.4 Å². The molecule has 2 N–H and O–H groups in total. The molecule has 0 bridgehead atoms. The highest BCUT2D eigenvalue weighted by Crippen LogP contribution is 2.26. The highest BCUT2D eigenvalue weighted by atomic mass is 35.5. The molecule has 0 atom stereocenters. The molecular formula is C14H18ClN3OS. The third kappa shape index (κ3) is 3.77. The minimum Gasteiger partial charge on any atom is -0.476 e. The maximum absolute atomic E-state index is 5.94. The van der Waals surface area contributed by atoms with Gasteiger partial charge in [0.15, 0.2) is 0 Å². The van der Waals surface area contributed by atoms with E-state index in [1.807, 2.05) is 43.1 Å². The number of hydrogen-bond donors (Lipinski definition) is 1. The molecule has 2 aromatic rings. The van der Waals surface area contributed by atoms with Crippen molar-refractivity contribution in [3.05, 3.63) is 33.5 Å². The molecule has 0 aliphatic heterocycles. The second kappa shape index (κ2) is 6.81. The Hall–Kier alpha value is -1.46. The summed E-state index contributed by atoms with van der Waals surface area (Å²) in [6.45, 7) is 3.42. The van der Waals surface area contributed by atoms with Crippen molar-refractivity contribution in [1.82, 2.24) is 4.98 Å². The van der Waals surface area contributed by atoms with Crippen LogP contribution in [0.2, 0.25) is 4.34 Å². The molecule has 108 valence electrons. The summed E-state index contributed by atoms with van der Waals surface area (Å²) in [5.41, 5.74) is 6.43. The maximum Gasteiger partial charge on any atom is 0.239 e. The lowest BCUT2D eigenvalue weighted by Gasteiger charge is -2.18. The third-order valence-electron chi connectivity index (χ3n) is 2.73. The molecule has 0 unspecified atom stereocenters. The summed E-state index contributed by atoms with van der Waals surface area (Å²) in [6.07, 6.45) is 0.925. The lowest BCUT2D eigenvalue weighted by atomic mass is 10.3. The number of rotatable bonds is 6. The number of nitrogens with zero attached hydrogens (tertiary/aromatic N) is 2. The normalized spacial score (nSPS) is 10.6. The molecule has 0 radical (unpaired) electrons. The largest absolute Gasteiger partial charge is 0.476 e. The Morgan fingerprint density at radius 2 is 2.15 bits per heavy atom. The molecule has 0 spiro atoms. The van der Waals surface area contributed by atoms with Crippen molar-refractivity contribution in [3.63, 3.8) is 0 Å². The Morgan fingerprint density at radius 1 is 1.35 bits per heavy atom. The van der Waals surface area contributed by atoms with Gasteiger partial charge in [0.1, 0.15) is 5.82 Å².